The summed E-state index contributed by atoms with van der Waals surface area (Å²) in [5, 5.41) is 2.80. The highest BCUT2D eigenvalue weighted by atomic mass is 19.4. The van der Waals surface area contributed by atoms with Gasteiger partial charge in [-0.2, -0.15) is 13.2 Å². The van der Waals surface area contributed by atoms with E-state index in [0.29, 0.717) is 30.8 Å². The number of alkyl halides is 3. The number of nitrogens with one attached hydrogen (secondary N) is 1. The van der Waals surface area contributed by atoms with Gasteiger partial charge >= 0.3 is 12.2 Å². The van der Waals surface area contributed by atoms with Crippen molar-refractivity contribution in [2.24, 2.45) is 5.92 Å². The quantitative estimate of drug-likeness (QED) is 0.798. The molecule has 142 valence electrons. The lowest BCUT2D eigenvalue weighted by atomic mass is 9.91. The lowest BCUT2D eigenvalue weighted by Crippen LogP contribution is -2.42. The molecule has 0 spiro atoms. The van der Waals surface area contributed by atoms with Crippen LogP contribution in [0, 0.1) is 5.92 Å². The van der Waals surface area contributed by atoms with E-state index in [0.717, 1.165) is 17.7 Å². The standard InChI is InChI=1S/C20H20F3N3O/c1-14-13-26(19(27)25-18-6-3-8-24-12-18)9-7-16(14)10-15-4-2-5-17(11-15)20(21,22)23/h2-6,8,10-12,14H,7,9,13H2,1H3,(H,25,27). The molecule has 0 aliphatic carbocycles. The molecule has 1 saturated heterocycles. The Bertz CT molecular complexity index is 834. The van der Waals surface area contributed by atoms with E-state index in [1.165, 1.54) is 6.07 Å². The van der Waals surface area contributed by atoms with Gasteiger partial charge in [-0.15, -0.1) is 0 Å². The van der Waals surface area contributed by atoms with Crippen molar-refractivity contribution < 1.29 is 18.0 Å². The van der Waals surface area contributed by atoms with Crippen molar-refractivity contribution in [3.05, 3.63) is 65.5 Å². The van der Waals surface area contributed by atoms with E-state index in [1.807, 2.05) is 6.92 Å². The number of urea groups is 1. The number of piperidine rings is 1. The van der Waals surface area contributed by atoms with Gasteiger partial charge in [-0.25, -0.2) is 4.79 Å². The summed E-state index contributed by atoms with van der Waals surface area (Å²) in [6.07, 6.45) is 1.27. The summed E-state index contributed by atoms with van der Waals surface area (Å²) in [5.74, 6) is 0.0629. The summed E-state index contributed by atoms with van der Waals surface area (Å²) in [6, 6.07) is 8.60. The summed E-state index contributed by atoms with van der Waals surface area (Å²) < 4.78 is 38.6. The second-order valence-electron chi connectivity index (χ2n) is 6.61. The Balaban J connectivity index is 1.66. The van der Waals surface area contributed by atoms with E-state index in [-0.39, 0.29) is 11.9 Å². The maximum atomic E-state index is 12.9. The monoisotopic (exact) mass is 375 g/mol. The predicted molar refractivity (Wildman–Crippen MR) is 98.0 cm³/mol. The third-order valence-corrected chi connectivity index (χ3v) is 4.56. The second-order valence-corrected chi connectivity index (χ2v) is 6.61. The lowest BCUT2D eigenvalue weighted by Gasteiger charge is -2.33. The average Bonchev–Trinajstić information content (AvgIpc) is 2.64. The number of amides is 2. The lowest BCUT2D eigenvalue weighted by molar-refractivity contribution is -0.137. The van der Waals surface area contributed by atoms with Crippen LogP contribution < -0.4 is 5.32 Å². The number of aromatic nitrogens is 1. The number of hydrogen-bond donors (Lipinski definition) is 1. The van der Waals surface area contributed by atoms with Gasteiger partial charge in [-0.1, -0.05) is 30.7 Å². The average molecular weight is 375 g/mol. The number of halogens is 3. The van der Waals surface area contributed by atoms with Crippen LogP contribution in [-0.4, -0.2) is 29.0 Å². The number of rotatable bonds is 2. The Labute approximate surface area is 155 Å². The number of likely N-dealkylation sites (tertiary alicyclic amines) is 1. The van der Waals surface area contributed by atoms with Crippen LogP contribution in [0.4, 0.5) is 23.7 Å². The zero-order valence-electron chi connectivity index (χ0n) is 14.8. The van der Waals surface area contributed by atoms with Crippen molar-refractivity contribution in [2.75, 3.05) is 18.4 Å². The maximum Gasteiger partial charge on any atom is 0.416 e. The zero-order valence-corrected chi connectivity index (χ0v) is 14.8. The van der Waals surface area contributed by atoms with Gasteiger partial charge < -0.3 is 10.2 Å². The first kappa shape index (κ1) is 18.9. The largest absolute Gasteiger partial charge is 0.416 e. The maximum absolute atomic E-state index is 12.9. The predicted octanol–water partition coefficient (Wildman–Crippen LogP) is 5.06. The molecule has 2 amide bonds. The van der Waals surface area contributed by atoms with E-state index >= 15 is 0 Å². The molecule has 1 aliphatic heterocycles. The Morgan fingerprint density at radius 3 is 2.78 bits per heavy atom. The van der Waals surface area contributed by atoms with Crippen molar-refractivity contribution in [1.29, 1.82) is 0 Å². The molecule has 0 radical (unpaired) electrons. The van der Waals surface area contributed by atoms with Gasteiger partial charge in [0.15, 0.2) is 0 Å². The topological polar surface area (TPSA) is 45.2 Å². The molecule has 2 heterocycles. The number of carbonyl (C=O) groups is 1. The first-order valence-electron chi connectivity index (χ1n) is 8.66. The highest BCUT2D eigenvalue weighted by Crippen LogP contribution is 2.31. The van der Waals surface area contributed by atoms with Gasteiger partial charge in [0.25, 0.3) is 0 Å². The molecule has 0 saturated carbocycles. The Hall–Kier alpha value is -2.83. The molecule has 1 aromatic heterocycles. The number of pyridine rings is 1. The van der Waals surface area contributed by atoms with Gasteiger partial charge in [0.2, 0.25) is 0 Å². The Morgan fingerprint density at radius 1 is 1.30 bits per heavy atom. The van der Waals surface area contributed by atoms with Crippen molar-refractivity contribution in [3.8, 4) is 0 Å². The molecular formula is C20H20F3N3O. The van der Waals surface area contributed by atoms with Crippen LogP contribution in [0.1, 0.15) is 24.5 Å². The van der Waals surface area contributed by atoms with Gasteiger partial charge in [0.05, 0.1) is 17.4 Å². The highest BCUT2D eigenvalue weighted by molar-refractivity contribution is 5.89. The molecule has 1 N–H and O–H groups in total. The molecule has 0 bridgehead atoms. The van der Waals surface area contributed by atoms with E-state index in [1.54, 1.807) is 41.6 Å². The summed E-state index contributed by atoms with van der Waals surface area (Å²) in [5.41, 5.74) is 1.54. The third-order valence-electron chi connectivity index (χ3n) is 4.56. The van der Waals surface area contributed by atoms with Gasteiger partial charge in [0.1, 0.15) is 0 Å². The van der Waals surface area contributed by atoms with E-state index in [2.05, 4.69) is 10.3 Å². The second kappa shape index (κ2) is 7.82. The molecule has 2 aromatic rings. The molecule has 1 atom stereocenters. The normalized spacial score (nSPS) is 19.2. The minimum absolute atomic E-state index is 0.0629. The first-order chi connectivity index (χ1) is 12.8. The number of benzene rings is 1. The molecule has 1 unspecified atom stereocenters. The third kappa shape index (κ3) is 4.87. The van der Waals surface area contributed by atoms with Gasteiger partial charge in [0, 0.05) is 19.3 Å². The minimum Gasteiger partial charge on any atom is -0.324 e. The SMILES string of the molecule is CC1CN(C(=O)Nc2cccnc2)CCC1=Cc1cccc(C(F)(F)F)c1. The van der Waals surface area contributed by atoms with Crippen LogP contribution in [0.5, 0.6) is 0 Å². The molecule has 3 rings (SSSR count). The van der Waals surface area contributed by atoms with Crippen LogP contribution in [0.2, 0.25) is 0 Å². The molecule has 1 aromatic carbocycles. The van der Waals surface area contributed by atoms with E-state index in [9.17, 15) is 18.0 Å². The fraction of sp³-hybridized carbons (Fsp3) is 0.300. The number of hydrogen-bond acceptors (Lipinski definition) is 2. The summed E-state index contributed by atoms with van der Waals surface area (Å²) in [7, 11) is 0. The van der Waals surface area contributed by atoms with Crippen LogP contribution in [0.15, 0.2) is 54.4 Å². The molecule has 1 fully saturated rings. The van der Waals surface area contributed by atoms with Crippen LogP contribution >= 0.6 is 0 Å². The van der Waals surface area contributed by atoms with Gasteiger partial charge in [-0.3, -0.25) is 4.98 Å². The minimum atomic E-state index is -4.35. The number of anilines is 1. The van der Waals surface area contributed by atoms with E-state index in [4.69, 9.17) is 0 Å². The molecule has 4 nitrogen and oxygen atoms in total. The van der Waals surface area contributed by atoms with Crippen LogP contribution in [0.3, 0.4) is 0 Å². The summed E-state index contributed by atoms with van der Waals surface area (Å²) in [4.78, 5) is 18.0. The fourth-order valence-electron chi connectivity index (χ4n) is 3.11. The summed E-state index contributed by atoms with van der Waals surface area (Å²) in [6.45, 7) is 3.00. The van der Waals surface area contributed by atoms with Crippen molar-refractivity contribution in [1.82, 2.24) is 9.88 Å². The van der Waals surface area contributed by atoms with Crippen molar-refractivity contribution in [3.63, 3.8) is 0 Å². The van der Waals surface area contributed by atoms with Crippen LogP contribution in [-0.2, 0) is 6.18 Å². The number of carbonyl (C=O) groups excluding carboxylic acids is 1. The molecule has 7 heteroatoms. The van der Waals surface area contributed by atoms with Crippen molar-refractivity contribution >= 4 is 17.8 Å². The van der Waals surface area contributed by atoms with Crippen LogP contribution in [0.25, 0.3) is 6.08 Å². The Kier molecular flexibility index (Phi) is 5.48. The number of nitrogens with zero attached hydrogens (tertiary/aromatic N) is 2. The summed E-state index contributed by atoms with van der Waals surface area (Å²) >= 11 is 0. The molecule has 27 heavy (non-hydrogen) atoms. The fourth-order valence-corrected chi connectivity index (χ4v) is 3.11. The van der Waals surface area contributed by atoms with Gasteiger partial charge in [-0.05, 0) is 42.2 Å². The molecular weight excluding hydrogens is 355 g/mol. The highest BCUT2D eigenvalue weighted by Gasteiger charge is 2.30. The van der Waals surface area contributed by atoms with E-state index < -0.39 is 11.7 Å². The Morgan fingerprint density at radius 2 is 2.11 bits per heavy atom. The molecule has 1 aliphatic rings. The smallest absolute Gasteiger partial charge is 0.324 e. The van der Waals surface area contributed by atoms with Crippen molar-refractivity contribution in [2.45, 2.75) is 19.5 Å². The zero-order chi connectivity index (χ0) is 19.4. The first-order valence-corrected chi connectivity index (χ1v) is 8.66.